The second-order valence-electron chi connectivity index (χ2n) is 8.39. The lowest BCUT2D eigenvalue weighted by atomic mass is 9.95. The van der Waals surface area contributed by atoms with Gasteiger partial charge in [-0.25, -0.2) is 0 Å². The van der Waals surface area contributed by atoms with Crippen molar-refractivity contribution in [2.75, 3.05) is 36.4 Å². The first-order valence-electron chi connectivity index (χ1n) is 11.3. The Morgan fingerprint density at radius 2 is 1.61 bits per heavy atom. The second kappa shape index (κ2) is 10.3. The number of carbonyl (C=O) groups excluding carboxylic acids is 4. The molecule has 0 aromatic heterocycles. The zero-order valence-electron chi connectivity index (χ0n) is 18.5. The molecule has 2 fully saturated rings. The quantitative estimate of drug-likeness (QED) is 0.709. The van der Waals surface area contributed by atoms with E-state index in [9.17, 15) is 19.2 Å². The van der Waals surface area contributed by atoms with Crippen molar-refractivity contribution < 1.29 is 19.2 Å². The third-order valence-corrected chi connectivity index (χ3v) is 6.17. The third kappa shape index (κ3) is 5.58. The summed E-state index contributed by atoms with van der Waals surface area (Å²) in [6.45, 7) is 1.58. The van der Waals surface area contributed by atoms with E-state index in [2.05, 4.69) is 10.6 Å². The van der Waals surface area contributed by atoms with E-state index in [-0.39, 0.29) is 36.1 Å². The first kappa shape index (κ1) is 22.5. The van der Waals surface area contributed by atoms with Gasteiger partial charge in [0.05, 0.1) is 6.54 Å². The lowest BCUT2D eigenvalue weighted by molar-refractivity contribution is -0.133. The predicted octanol–water partition coefficient (Wildman–Crippen LogP) is 2.42. The molecular weight excluding hydrogens is 420 g/mol. The summed E-state index contributed by atoms with van der Waals surface area (Å²) in [4.78, 5) is 52.7. The average Bonchev–Trinajstić information content (AvgIpc) is 3.29. The Kier molecular flexibility index (Phi) is 7.02. The van der Waals surface area contributed by atoms with Gasteiger partial charge in [0.15, 0.2) is 0 Å². The summed E-state index contributed by atoms with van der Waals surface area (Å²) in [5.74, 6) is -0.561. The van der Waals surface area contributed by atoms with Crippen LogP contribution in [-0.2, 0) is 14.4 Å². The SMILES string of the molecule is O=C(NCC(=O)N1CCC(C(=O)Nc2ccccc2)CC1)c1ccc(N2CCCC2=O)cc1. The lowest BCUT2D eigenvalue weighted by Gasteiger charge is -2.31. The van der Waals surface area contributed by atoms with E-state index >= 15 is 0 Å². The van der Waals surface area contributed by atoms with Crippen LogP contribution < -0.4 is 15.5 Å². The summed E-state index contributed by atoms with van der Waals surface area (Å²) in [6, 6.07) is 16.2. The molecule has 2 heterocycles. The van der Waals surface area contributed by atoms with Gasteiger partial charge >= 0.3 is 0 Å². The largest absolute Gasteiger partial charge is 0.343 e. The maximum Gasteiger partial charge on any atom is 0.251 e. The standard InChI is InChI=1S/C25H28N4O4/c30-22-7-4-14-29(22)21-10-8-18(9-11-21)24(32)26-17-23(31)28-15-12-19(13-16-28)25(33)27-20-5-2-1-3-6-20/h1-3,5-6,8-11,19H,4,7,12-17H2,(H,26,32)(H,27,33). The van der Waals surface area contributed by atoms with Gasteiger partial charge in [-0.15, -0.1) is 0 Å². The zero-order chi connectivity index (χ0) is 23.2. The topological polar surface area (TPSA) is 98.8 Å². The molecule has 0 radical (unpaired) electrons. The molecule has 0 unspecified atom stereocenters. The number of nitrogens with one attached hydrogen (secondary N) is 2. The van der Waals surface area contributed by atoms with Crippen molar-refractivity contribution in [1.29, 1.82) is 0 Å². The van der Waals surface area contributed by atoms with E-state index in [0.717, 1.165) is 17.8 Å². The molecule has 0 bridgehead atoms. The lowest BCUT2D eigenvalue weighted by Crippen LogP contribution is -2.45. The number of benzene rings is 2. The van der Waals surface area contributed by atoms with Crippen LogP contribution in [0.15, 0.2) is 54.6 Å². The summed E-state index contributed by atoms with van der Waals surface area (Å²) in [5.41, 5.74) is 1.99. The fourth-order valence-electron chi connectivity index (χ4n) is 4.24. The molecule has 0 saturated carbocycles. The fraction of sp³-hybridized carbons (Fsp3) is 0.360. The molecule has 8 nitrogen and oxygen atoms in total. The average molecular weight is 449 g/mol. The van der Waals surface area contributed by atoms with Crippen molar-refractivity contribution in [2.24, 2.45) is 5.92 Å². The highest BCUT2D eigenvalue weighted by atomic mass is 16.2. The summed E-state index contributed by atoms with van der Waals surface area (Å²) in [5, 5.41) is 5.59. The molecule has 0 atom stereocenters. The minimum absolute atomic E-state index is 0.0271. The van der Waals surface area contributed by atoms with Crippen LogP contribution in [0, 0.1) is 5.92 Å². The van der Waals surface area contributed by atoms with Crippen LogP contribution in [0.25, 0.3) is 0 Å². The number of amides is 4. The highest BCUT2D eigenvalue weighted by Gasteiger charge is 2.27. The molecule has 0 spiro atoms. The van der Waals surface area contributed by atoms with Gasteiger partial charge in [-0.1, -0.05) is 18.2 Å². The molecule has 8 heteroatoms. The second-order valence-corrected chi connectivity index (χ2v) is 8.39. The Hall–Kier alpha value is -3.68. The molecule has 0 aliphatic carbocycles. The van der Waals surface area contributed by atoms with Gasteiger partial charge in [0.1, 0.15) is 0 Å². The number of carbonyl (C=O) groups is 4. The number of piperidine rings is 1. The van der Waals surface area contributed by atoms with Crippen molar-refractivity contribution in [3.05, 3.63) is 60.2 Å². The molecule has 2 aromatic carbocycles. The Morgan fingerprint density at radius 1 is 0.909 bits per heavy atom. The normalized spacial score (nSPS) is 16.5. The molecule has 4 rings (SSSR count). The van der Waals surface area contributed by atoms with Crippen molar-refractivity contribution in [2.45, 2.75) is 25.7 Å². The Balaban J connectivity index is 1.21. The number of hydrogen-bond donors (Lipinski definition) is 2. The Morgan fingerprint density at radius 3 is 2.24 bits per heavy atom. The zero-order valence-corrected chi connectivity index (χ0v) is 18.5. The number of hydrogen-bond acceptors (Lipinski definition) is 4. The van der Waals surface area contributed by atoms with Crippen LogP contribution >= 0.6 is 0 Å². The molecule has 2 aliphatic rings. The molecular formula is C25H28N4O4. The van der Waals surface area contributed by atoms with Gasteiger partial charge in [-0.3, -0.25) is 19.2 Å². The van der Waals surface area contributed by atoms with Gasteiger partial charge in [0, 0.05) is 48.9 Å². The smallest absolute Gasteiger partial charge is 0.251 e. The van der Waals surface area contributed by atoms with Crippen LogP contribution in [0.5, 0.6) is 0 Å². The van der Waals surface area contributed by atoms with Crippen LogP contribution in [0.4, 0.5) is 11.4 Å². The van der Waals surface area contributed by atoms with E-state index in [0.29, 0.717) is 44.5 Å². The van der Waals surface area contributed by atoms with Crippen molar-refractivity contribution in [3.8, 4) is 0 Å². The summed E-state index contributed by atoms with van der Waals surface area (Å²) in [7, 11) is 0. The number of rotatable bonds is 6. The minimum Gasteiger partial charge on any atom is -0.343 e. The molecule has 2 aromatic rings. The van der Waals surface area contributed by atoms with Crippen molar-refractivity contribution in [1.82, 2.24) is 10.2 Å². The van der Waals surface area contributed by atoms with Gasteiger partial charge in [0.2, 0.25) is 17.7 Å². The van der Waals surface area contributed by atoms with E-state index in [1.807, 2.05) is 30.3 Å². The predicted molar refractivity (Wildman–Crippen MR) is 125 cm³/mol. The minimum atomic E-state index is -0.334. The van der Waals surface area contributed by atoms with Crippen LogP contribution in [0.2, 0.25) is 0 Å². The van der Waals surface area contributed by atoms with Gasteiger partial charge in [0.25, 0.3) is 5.91 Å². The van der Waals surface area contributed by atoms with Crippen LogP contribution in [0.3, 0.4) is 0 Å². The van der Waals surface area contributed by atoms with E-state index in [1.165, 1.54) is 0 Å². The monoisotopic (exact) mass is 448 g/mol. The molecule has 172 valence electrons. The van der Waals surface area contributed by atoms with Gasteiger partial charge < -0.3 is 20.4 Å². The number of anilines is 2. The fourth-order valence-corrected chi connectivity index (χ4v) is 4.24. The summed E-state index contributed by atoms with van der Waals surface area (Å²) >= 11 is 0. The Bertz CT molecular complexity index is 1010. The summed E-state index contributed by atoms with van der Waals surface area (Å²) < 4.78 is 0. The third-order valence-electron chi connectivity index (χ3n) is 6.17. The van der Waals surface area contributed by atoms with Crippen LogP contribution in [-0.4, -0.2) is 54.7 Å². The maximum atomic E-state index is 12.5. The van der Waals surface area contributed by atoms with Gasteiger partial charge in [-0.05, 0) is 55.7 Å². The van der Waals surface area contributed by atoms with Crippen molar-refractivity contribution >= 4 is 35.0 Å². The first-order chi connectivity index (χ1) is 16.0. The van der Waals surface area contributed by atoms with E-state index < -0.39 is 0 Å². The number of nitrogens with zero attached hydrogens (tertiary/aromatic N) is 2. The molecule has 2 saturated heterocycles. The highest BCUT2D eigenvalue weighted by Crippen LogP contribution is 2.22. The van der Waals surface area contributed by atoms with Crippen molar-refractivity contribution in [3.63, 3.8) is 0 Å². The van der Waals surface area contributed by atoms with E-state index in [4.69, 9.17) is 0 Å². The van der Waals surface area contributed by atoms with Crippen LogP contribution in [0.1, 0.15) is 36.0 Å². The van der Waals surface area contributed by atoms with Gasteiger partial charge in [-0.2, -0.15) is 0 Å². The molecule has 2 aliphatic heterocycles. The summed E-state index contributed by atoms with van der Waals surface area (Å²) in [6.07, 6.45) is 2.58. The first-order valence-corrected chi connectivity index (χ1v) is 11.3. The highest BCUT2D eigenvalue weighted by molar-refractivity contribution is 5.98. The number of likely N-dealkylation sites (tertiary alicyclic amines) is 1. The molecule has 4 amide bonds. The van der Waals surface area contributed by atoms with E-state index in [1.54, 1.807) is 34.1 Å². The molecule has 2 N–H and O–H groups in total. The number of para-hydroxylation sites is 1. The molecule has 33 heavy (non-hydrogen) atoms. The Labute approximate surface area is 192 Å². The maximum absolute atomic E-state index is 12.5.